The number of phenolic OH excluding ortho intramolecular Hbond substituents is 2. The van der Waals surface area contributed by atoms with E-state index < -0.39 is 0 Å². The SMILES string of the molecule is O=C(N[C@H]1CCOC1)c1ccc(-n2nc(-c3ccccc3O)nc2-c2ccccc2O)cc1. The minimum Gasteiger partial charge on any atom is -0.507 e. The average Bonchev–Trinajstić information content (AvgIpc) is 3.50. The first kappa shape index (κ1) is 20.7. The number of ether oxygens (including phenoxy) is 1. The molecule has 0 radical (unpaired) electrons. The molecule has 1 saturated heterocycles. The normalized spacial score (nSPS) is 15.5. The number of para-hydroxylation sites is 2. The van der Waals surface area contributed by atoms with Crippen LogP contribution in [0.2, 0.25) is 0 Å². The third-order valence-corrected chi connectivity index (χ3v) is 5.54. The zero-order chi connectivity index (χ0) is 22.8. The number of benzene rings is 3. The van der Waals surface area contributed by atoms with E-state index in [4.69, 9.17) is 4.74 Å². The number of carbonyl (C=O) groups is 1. The van der Waals surface area contributed by atoms with Gasteiger partial charge in [0.25, 0.3) is 5.91 Å². The summed E-state index contributed by atoms with van der Waals surface area (Å²) in [4.78, 5) is 17.2. The molecule has 1 amide bonds. The van der Waals surface area contributed by atoms with Crippen molar-refractivity contribution in [3.8, 4) is 40.0 Å². The minimum absolute atomic E-state index is 0.0289. The molecule has 8 heteroatoms. The standard InChI is InChI=1S/C25H22N4O4/c30-21-7-3-1-5-19(21)23-27-24(20-6-2-4-8-22(20)31)29(28-23)18-11-9-16(10-12-18)25(32)26-17-13-14-33-15-17/h1-12,17,30-31H,13-15H2,(H,26,32)/t17-/m0/s1. The molecule has 0 spiro atoms. The fourth-order valence-electron chi connectivity index (χ4n) is 3.78. The molecule has 3 N–H and O–H groups in total. The Morgan fingerprint density at radius 1 is 0.939 bits per heavy atom. The minimum atomic E-state index is -0.161. The van der Waals surface area contributed by atoms with Gasteiger partial charge < -0.3 is 20.3 Å². The number of aromatic hydroxyl groups is 2. The monoisotopic (exact) mass is 442 g/mol. The molecular weight excluding hydrogens is 420 g/mol. The van der Waals surface area contributed by atoms with Gasteiger partial charge in [-0.25, -0.2) is 9.67 Å². The lowest BCUT2D eigenvalue weighted by Gasteiger charge is -2.11. The highest BCUT2D eigenvalue weighted by Crippen LogP contribution is 2.33. The summed E-state index contributed by atoms with van der Waals surface area (Å²) in [7, 11) is 0. The first-order valence-corrected chi connectivity index (χ1v) is 10.6. The highest BCUT2D eigenvalue weighted by Gasteiger charge is 2.21. The maximum absolute atomic E-state index is 12.5. The van der Waals surface area contributed by atoms with Gasteiger partial charge in [-0.3, -0.25) is 4.79 Å². The maximum atomic E-state index is 12.5. The zero-order valence-corrected chi connectivity index (χ0v) is 17.7. The summed E-state index contributed by atoms with van der Waals surface area (Å²) in [6, 6.07) is 20.7. The lowest BCUT2D eigenvalue weighted by Crippen LogP contribution is -2.34. The predicted molar refractivity (Wildman–Crippen MR) is 122 cm³/mol. The predicted octanol–water partition coefficient (Wildman–Crippen LogP) is 3.53. The molecule has 0 unspecified atom stereocenters. The van der Waals surface area contributed by atoms with Crippen LogP contribution in [0, 0.1) is 0 Å². The van der Waals surface area contributed by atoms with Gasteiger partial charge in [0.2, 0.25) is 0 Å². The van der Waals surface area contributed by atoms with E-state index >= 15 is 0 Å². The molecule has 1 aliphatic rings. The quantitative estimate of drug-likeness (QED) is 0.436. The zero-order valence-electron chi connectivity index (χ0n) is 17.7. The van der Waals surface area contributed by atoms with E-state index in [1.165, 1.54) is 0 Å². The van der Waals surface area contributed by atoms with Crippen molar-refractivity contribution in [2.45, 2.75) is 12.5 Å². The molecule has 8 nitrogen and oxygen atoms in total. The molecule has 1 fully saturated rings. The first-order valence-electron chi connectivity index (χ1n) is 10.6. The lowest BCUT2D eigenvalue weighted by atomic mass is 10.1. The van der Waals surface area contributed by atoms with Gasteiger partial charge in [-0.05, 0) is 55.0 Å². The Labute approximate surface area is 190 Å². The molecule has 1 aliphatic heterocycles. The number of nitrogens with zero attached hydrogens (tertiary/aromatic N) is 3. The molecule has 2 heterocycles. The van der Waals surface area contributed by atoms with Crippen LogP contribution in [0.25, 0.3) is 28.5 Å². The van der Waals surface area contributed by atoms with Gasteiger partial charge >= 0.3 is 0 Å². The van der Waals surface area contributed by atoms with Crippen LogP contribution in [0.1, 0.15) is 16.8 Å². The molecule has 0 saturated carbocycles. The van der Waals surface area contributed by atoms with E-state index in [1.807, 2.05) is 0 Å². The summed E-state index contributed by atoms with van der Waals surface area (Å²) in [6.07, 6.45) is 0.807. The summed E-state index contributed by atoms with van der Waals surface area (Å²) in [5, 5.41) is 28.3. The fourth-order valence-corrected chi connectivity index (χ4v) is 3.78. The van der Waals surface area contributed by atoms with Crippen molar-refractivity contribution >= 4 is 5.91 Å². The van der Waals surface area contributed by atoms with Crippen molar-refractivity contribution in [2.24, 2.45) is 0 Å². The lowest BCUT2D eigenvalue weighted by molar-refractivity contribution is 0.0930. The maximum Gasteiger partial charge on any atom is 0.251 e. The third-order valence-electron chi connectivity index (χ3n) is 5.54. The van der Waals surface area contributed by atoms with E-state index in [9.17, 15) is 15.0 Å². The van der Waals surface area contributed by atoms with Crippen molar-refractivity contribution in [3.05, 3.63) is 78.4 Å². The van der Waals surface area contributed by atoms with Gasteiger partial charge in [-0.15, -0.1) is 5.10 Å². The molecule has 3 aromatic carbocycles. The topological polar surface area (TPSA) is 110 Å². The van der Waals surface area contributed by atoms with Crippen molar-refractivity contribution < 1.29 is 19.7 Å². The number of rotatable bonds is 5. The Bertz CT molecular complexity index is 1290. The molecule has 5 rings (SSSR count). The van der Waals surface area contributed by atoms with E-state index in [2.05, 4.69) is 15.4 Å². The highest BCUT2D eigenvalue weighted by atomic mass is 16.5. The summed E-state index contributed by atoms with van der Waals surface area (Å²) < 4.78 is 6.90. The van der Waals surface area contributed by atoms with E-state index in [0.717, 1.165) is 6.42 Å². The Hall–Kier alpha value is -4.17. The average molecular weight is 442 g/mol. The van der Waals surface area contributed by atoms with Crippen LogP contribution in [0.5, 0.6) is 11.5 Å². The van der Waals surface area contributed by atoms with E-state index in [0.29, 0.717) is 47.2 Å². The summed E-state index contributed by atoms with van der Waals surface area (Å²) in [5.74, 6) is 0.679. The van der Waals surface area contributed by atoms with Crippen molar-refractivity contribution in [1.29, 1.82) is 0 Å². The molecule has 0 bridgehead atoms. The molecule has 4 aromatic rings. The smallest absolute Gasteiger partial charge is 0.251 e. The fraction of sp³-hybridized carbons (Fsp3) is 0.160. The number of hydrogen-bond donors (Lipinski definition) is 3. The largest absolute Gasteiger partial charge is 0.507 e. The van der Waals surface area contributed by atoms with Gasteiger partial charge in [-0.1, -0.05) is 24.3 Å². The molecule has 33 heavy (non-hydrogen) atoms. The Morgan fingerprint density at radius 2 is 1.61 bits per heavy atom. The number of amides is 1. The second-order valence-corrected chi connectivity index (χ2v) is 7.79. The highest BCUT2D eigenvalue weighted by molar-refractivity contribution is 5.94. The van der Waals surface area contributed by atoms with Crippen molar-refractivity contribution in [3.63, 3.8) is 0 Å². The van der Waals surface area contributed by atoms with Gasteiger partial charge in [0.15, 0.2) is 11.6 Å². The molecule has 1 aromatic heterocycles. The van der Waals surface area contributed by atoms with Gasteiger partial charge in [0.05, 0.1) is 29.5 Å². The Kier molecular flexibility index (Phi) is 5.50. The summed E-state index contributed by atoms with van der Waals surface area (Å²) >= 11 is 0. The molecular formula is C25H22N4O4. The second-order valence-electron chi connectivity index (χ2n) is 7.79. The molecule has 166 valence electrons. The van der Waals surface area contributed by atoms with Gasteiger partial charge in [-0.2, -0.15) is 0 Å². The van der Waals surface area contributed by atoms with Crippen molar-refractivity contribution in [1.82, 2.24) is 20.1 Å². The first-order chi connectivity index (χ1) is 16.1. The number of phenols is 2. The summed E-state index contributed by atoms with van der Waals surface area (Å²) in [5.41, 5.74) is 2.15. The number of carbonyl (C=O) groups excluding carboxylic acids is 1. The van der Waals surface area contributed by atoms with E-state index in [1.54, 1.807) is 77.5 Å². The van der Waals surface area contributed by atoms with Crippen LogP contribution >= 0.6 is 0 Å². The van der Waals surface area contributed by atoms with Crippen LogP contribution in [-0.4, -0.2) is 50.1 Å². The molecule has 1 atom stereocenters. The number of aromatic nitrogens is 3. The van der Waals surface area contributed by atoms with Crippen LogP contribution in [0.15, 0.2) is 72.8 Å². The van der Waals surface area contributed by atoms with Crippen LogP contribution in [0.3, 0.4) is 0 Å². The van der Waals surface area contributed by atoms with Crippen molar-refractivity contribution in [2.75, 3.05) is 13.2 Å². The Morgan fingerprint density at radius 3 is 2.24 bits per heavy atom. The number of hydrogen-bond acceptors (Lipinski definition) is 6. The van der Waals surface area contributed by atoms with Gasteiger partial charge in [0, 0.05) is 12.2 Å². The van der Waals surface area contributed by atoms with Crippen LogP contribution < -0.4 is 5.32 Å². The van der Waals surface area contributed by atoms with E-state index in [-0.39, 0.29) is 23.4 Å². The third kappa shape index (κ3) is 4.16. The van der Waals surface area contributed by atoms with Crippen LogP contribution in [0.4, 0.5) is 0 Å². The molecule has 0 aliphatic carbocycles. The second kappa shape index (κ2) is 8.76. The van der Waals surface area contributed by atoms with Crippen LogP contribution in [-0.2, 0) is 4.74 Å². The summed E-state index contributed by atoms with van der Waals surface area (Å²) in [6.45, 7) is 1.19. The number of nitrogens with one attached hydrogen (secondary N) is 1. The Balaban J connectivity index is 1.53. The van der Waals surface area contributed by atoms with Gasteiger partial charge in [0.1, 0.15) is 11.5 Å².